The summed E-state index contributed by atoms with van der Waals surface area (Å²) in [6.07, 6.45) is -3.15. The molecule has 12 nitrogen and oxygen atoms in total. The predicted octanol–water partition coefficient (Wildman–Crippen LogP) is -1.55. The number of esters is 2. The fourth-order valence-corrected chi connectivity index (χ4v) is 2.73. The third-order valence-electron chi connectivity index (χ3n) is 3.79. The molecule has 0 amide bonds. The quantitative estimate of drug-likeness (QED) is 0.537. The summed E-state index contributed by atoms with van der Waals surface area (Å²) in [7, 11) is 0. The molecule has 0 aromatic carbocycles. The van der Waals surface area contributed by atoms with Crippen molar-refractivity contribution in [3.8, 4) is 0 Å². The zero-order valence-corrected chi connectivity index (χ0v) is 13.9. The first kappa shape index (κ1) is 17.8. The Kier molecular flexibility index (Phi) is 4.61. The highest BCUT2D eigenvalue weighted by atomic mass is 16.6. The van der Waals surface area contributed by atoms with Crippen LogP contribution in [0.25, 0.3) is 11.2 Å². The van der Waals surface area contributed by atoms with Gasteiger partial charge in [-0.25, -0.2) is 4.98 Å². The molecule has 1 saturated heterocycles. The van der Waals surface area contributed by atoms with Gasteiger partial charge in [0.15, 0.2) is 23.5 Å². The number of aliphatic hydroxyl groups excluding tert-OH is 1. The summed E-state index contributed by atoms with van der Waals surface area (Å²) in [6, 6.07) is 0. The van der Waals surface area contributed by atoms with Gasteiger partial charge in [0.05, 0.1) is 6.33 Å². The lowest BCUT2D eigenvalue weighted by Gasteiger charge is -2.21. The monoisotopic (exact) mass is 367 g/mol. The SMILES string of the molecule is CC(=O)OC[C@H]1OC(n2cnc3c(=O)[nH]c(N)nc32)[C@H](OC(C)=O)[C@@H]1O. The van der Waals surface area contributed by atoms with Crippen molar-refractivity contribution in [2.75, 3.05) is 12.3 Å². The summed E-state index contributed by atoms with van der Waals surface area (Å²) in [4.78, 5) is 44.6. The van der Waals surface area contributed by atoms with Crippen molar-refractivity contribution in [2.24, 2.45) is 0 Å². The highest BCUT2D eigenvalue weighted by molar-refractivity contribution is 5.71. The molecule has 0 bridgehead atoms. The summed E-state index contributed by atoms with van der Waals surface area (Å²) in [5.74, 6) is -1.34. The summed E-state index contributed by atoms with van der Waals surface area (Å²) in [6.45, 7) is 2.15. The van der Waals surface area contributed by atoms with Crippen LogP contribution in [0.5, 0.6) is 0 Å². The molecule has 0 aliphatic carbocycles. The zero-order valence-electron chi connectivity index (χ0n) is 13.9. The van der Waals surface area contributed by atoms with E-state index in [2.05, 4.69) is 15.0 Å². The first-order valence-corrected chi connectivity index (χ1v) is 7.64. The molecule has 2 aromatic heterocycles. The number of ether oxygens (including phenoxy) is 3. The number of anilines is 1. The molecule has 0 spiro atoms. The maximum atomic E-state index is 11.9. The van der Waals surface area contributed by atoms with Gasteiger partial charge in [0, 0.05) is 13.8 Å². The minimum absolute atomic E-state index is 0.00213. The van der Waals surface area contributed by atoms with E-state index in [4.69, 9.17) is 19.9 Å². The molecule has 1 fully saturated rings. The van der Waals surface area contributed by atoms with Gasteiger partial charge in [-0.1, -0.05) is 0 Å². The summed E-state index contributed by atoms with van der Waals surface area (Å²) in [5, 5.41) is 10.4. The van der Waals surface area contributed by atoms with Crippen molar-refractivity contribution < 1.29 is 28.9 Å². The Labute approximate surface area is 145 Å². The van der Waals surface area contributed by atoms with Crippen LogP contribution in [0.4, 0.5) is 5.95 Å². The van der Waals surface area contributed by atoms with Crippen LogP contribution in [0, 0.1) is 0 Å². The summed E-state index contributed by atoms with van der Waals surface area (Å²) in [5.41, 5.74) is 5.10. The number of nitrogens with two attached hydrogens (primary N) is 1. The predicted molar refractivity (Wildman–Crippen MR) is 84.7 cm³/mol. The van der Waals surface area contributed by atoms with Gasteiger partial charge in [-0.05, 0) is 0 Å². The molecule has 4 N–H and O–H groups in total. The van der Waals surface area contributed by atoms with E-state index in [0.29, 0.717) is 0 Å². The summed E-state index contributed by atoms with van der Waals surface area (Å²) < 4.78 is 17.0. The van der Waals surface area contributed by atoms with E-state index in [-0.39, 0.29) is 23.7 Å². The molecule has 26 heavy (non-hydrogen) atoms. The van der Waals surface area contributed by atoms with E-state index >= 15 is 0 Å². The lowest BCUT2D eigenvalue weighted by atomic mass is 10.1. The number of aromatic nitrogens is 4. The second-order valence-electron chi connectivity index (χ2n) is 5.71. The lowest BCUT2D eigenvalue weighted by Crippen LogP contribution is -2.37. The van der Waals surface area contributed by atoms with Crippen LogP contribution in [0.3, 0.4) is 0 Å². The number of imidazole rings is 1. The second-order valence-corrected chi connectivity index (χ2v) is 5.71. The van der Waals surface area contributed by atoms with Gasteiger partial charge in [-0.15, -0.1) is 0 Å². The van der Waals surface area contributed by atoms with Crippen LogP contribution in [0.15, 0.2) is 11.1 Å². The van der Waals surface area contributed by atoms with Crippen molar-refractivity contribution in [3.63, 3.8) is 0 Å². The smallest absolute Gasteiger partial charge is 0.303 e. The minimum Gasteiger partial charge on any atom is -0.463 e. The molecule has 1 aliphatic heterocycles. The Morgan fingerprint density at radius 3 is 2.81 bits per heavy atom. The topological polar surface area (TPSA) is 172 Å². The number of nitrogen functional groups attached to an aromatic ring is 1. The van der Waals surface area contributed by atoms with Crippen LogP contribution in [-0.2, 0) is 23.8 Å². The van der Waals surface area contributed by atoms with E-state index in [1.807, 2.05) is 0 Å². The van der Waals surface area contributed by atoms with Crippen molar-refractivity contribution in [1.29, 1.82) is 0 Å². The molecule has 3 heterocycles. The molecule has 1 aliphatic rings. The van der Waals surface area contributed by atoms with Crippen molar-refractivity contribution in [3.05, 3.63) is 16.7 Å². The van der Waals surface area contributed by atoms with Gasteiger partial charge in [0.1, 0.15) is 18.8 Å². The number of hydrogen-bond donors (Lipinski definition) is 3. The Morgan fingerprint density at radius 1 is 1.42 bits per heavy atom. The number of nitrogens with zero attached hydrogens (tertiary/aromatic N) is 3. The second kappa shape index (κ2) is 6.72. The van der Waals surface area contributed by atoms with Crippen LogP contribution in [0.2, 0.25) is 0 Å². The van der Waals surface area contributed by atoms with Crippen molar-refractivity contribution in [1.82, 2.24) is 19.5 Å². The normalized spacial score (nSPS) is 25.3. The maximum absolute atomic E-state index is 11.9. The summed E-state index contributed by atoms with van der Waals surface area (Å²) >= 11 is 0. The number of rotatable bonds is 4. The first-order chi connectivity index (χ1) is 12.3. The highest BCUT2D eigenvalue weighted by Gasteiger charge is 2.48. The van der Waals surface area contributed by atoms with E-state index in [0.717, 1.165) is 0 Å². The third-order valence-corrected chi connectivity index (χ3v) is 3.79. The van der Waals surface area contributed by atoms with Gasteiger partial charge in [0.2, 0.25) is 5.95 Å². The molecule has 0 radical (unpaired) electrons. The third kappa shape index (κ3) is 3.23. The molecular weight excluding hydrogens is 350 g/mol. The van der Waals surface area contributed by atoms with Gasteiger partial charge < -0.3 is 25.1 Å². The van der Waals surface area contributed by atoms with E-state index in [9.17, 15) is 19.5 Å². The van der Waals surface area contributed by atoms with Gasteiger partial charge in [-0.2, -0.15) is 4.98 Å². The molecule has 3 rings (SSSR count). The molecule has 12 heteroatoms. The van der Waals surface area contributed by atoms with Crippen LogP contribution >= 0.6 is 0 Å². The number of fused-ring (bicyclic) bond motifs is 1. The Hall–Kier alpha value is -2.99. The molecule has 2 aromatic rings. The van der Waals surface area contributed by atoms with Crippen molar-refractivity contribution in [2.45, 2.75) is 38.4 Å². The van der Waals surface area contributed by atoms with Crippen LogP contribution in [0.1, 0.15) is 20.1 Å². The highest BCUT2D eigenvalue weighted by Crippen LogP contribution is 2.33. The van der Waals surface area contributed by atoms with Gasteiger partial charge >= 0.3 is 11.9 Å². The number of H-pyrrole nitrogens is 1. The largest absolute Gasteiger partial charge is 0.463 e. The molecule has 1 unspecified atom stereocenters. The molecule has 0 saturated carbocycles. The van der Waals surface area contributed by atoms with Crippen LogP contribution < -0.4 is 11.3 Å². The number of carbonyl (C=O) groups excluding carboxylic acids is 2. The number of carbonyl (C=O) groups is 2. The lowest BCUT2D eigenvalue weighted by molar-refractivity contribution is -0.155. The maximum Gasteiger partial charge on any atom is 0.303 e. The fourth-order valence-electron chi connectivity index (χ4n) is 2.73. The zero-order chi connectivity index (χ0) is 19.0. The number of nitrogens with one attached hydrogen (secondary N) is 1. The van der Waals surface area contributed by atoms with E-state index in [1.54, 1.807) is 0 Å². The first-order valence-electron chi connectivity index (χ1n) is 7.64. The van der Waals surface area contributed by atoms with E-state index < -0.39 is 42.0 Å². The van der Waals surface area contributed by atoms with Gasteiger partial charge in [-0.3, -0.25) is 23.9 Å². The van der Waals surface area contributed by atoms with Gasteiger partial charge in [0.25, 0.3) is 5.56 Å². The average Bonchev–Trinajstić information content (AvgIpc) is 3.08. The number of hydrogen-bond acceptors (Lipinski definition) is 10. The molecule has 4 atom stereocenters. The van der Waals surface area contributed by atoms with Crippen LogP contribution in [-0.4, -0.2) is 61.5 Å². The van der Waals surface area contributed by atoms with E-state index in [1.165, 1.54) is 24.7 Å². The fraction of sp³-hybridized carbons (Fsp3) is 0.500. The molecular formula is C14H17N5O7. The van der Waals surface area contributed by atoms with Crippen molar-refractivity contribution >= 4 is 29.1 Å². The number of aliphatic hydroxyl groups is 1. The Bertz CT molecular complexity index is 907. The number of aromatic amines is 1. The Morgan fingerprint density at radius 2 is 2.15 bits per heavy atom. The Balaban J connectivity index is 1.99. The standard InChI is InChI=1S/C14H17N5O7/c1-5(20)24-3-7-9(22)10(25-6(2)21)13(26-7)19-4-16-8-11(19)17-14(15)18-12(8)23/h4,7,9-10,13,22H,3H2,1-2H3,(H3,15,17,18,23)/t7-,9-,10-,13?/m1/s1. The molecule has 140 valence electrons. The average molecular weight is 367 g/mol. The minimum atomic E-state index is -1.28.